The van der Waals surface area contributed by atoms with Crippen molar-refractivity contribution in [2.24, 2.45) is 0 Å². The Kier molecular flexibility index (Phi) is 21.4. The van der Waals surface area contributed by atoms with Gasteiger partial charge >= 0.3 is 0 Å². The van der Waals surface area contributed by atoms with Gasteiger partial charge < -0.3 is 0 Å². The van der Waals surface area contributed by atoms with Crippen molar-refractivity contribution in [1.29, 1.82) is 0 Å². The summed E-state index contributed by atoms with van der Waals surface area (Å²) in [5.41, 5.74) is 2.76. The van der Waals surface area contributed by atoms with Gasteiger partial charge in [-0.1, -0.05) is 143 Å². The maximum absolute atomic E-state index is 2.26. The van der Waals surface area contributed by atoms with Crippen molar-refractivity contribution in [2.75, 3.05) is 0 Å². The third-order valence-corrected chi connectivity index (χ3v) is 4.23. The molecule has 0 bridgehead atoms. The molecule has 0 nitrogen and oxygen atoms in total. The van der Waals surface area contributed by atoms with Gasteiger partial charge in [-0.2, -0.15) is 0 Å². The first-order valence-electron chi connectivity index (χ1n) is 9.20. The lowest BCUT2D eigenvalue weighted by Gasteiger charge is -1.99. The Morgan fingerprint density at radius 3 is 1.60 bits per heavy atom. The van der Waals surface area contributed by atoms with Crippen LogP contribution in [0.2, 0.25) is 0 Å². The Morgan fingerprint density at radius 2 is 1.03 bits per heavy atom. The summed E-state index contributed by atoms with van der Waals surface area (Å²) in [7, 11) is 0. The van der Waals surface area contributed by atoms with E-state index in [2.05, 4.69) is 98.8 Å². The van der Waals surface area contributed by atoms with Crippen molar-refractivity contribution in [3.63, 3.8) is 0 Å². The van der Waals surface area contributed by atoms with E-state index in [-0.39, 0.29) is 37.1 Å². The van der Waals surface area contributed by atoms with Crippen molar-refractivity contribution in [3.8, 4) is 0 Å². The van der Waals surface area contributed by atoms with Crippen molar-refractivity contribution in [1.82, 2.24) is 0 Å². The van der Waals surface area contributed by atoms with Crippen molar-refractivity contribution in [3.05, 3.63) is 96.1 Å². The standard InChI is InChI=1S/C12H12.C11H10.C2H6.5CH4/c1-2-10-7-8-11-5-3-4-6-12(11)9-10;1-9-5-4-7-10-6-2-3-8-11(9)10;1-2;;;;;/h3-9H,2H2,1H3;2-8H,1H3;1-2H3;5*1H4. The third kappa shape index (κ3) is 9.27. The highest BCUT2D eigenvalue weighted by Gasteiger charge is 1.93. The van der Waals surface area contributed by atoms with Crippen LogP contribution in [0.3, 0.4) is 0 Å². The number of rotatable bonds is 1. The molecule has 0 amide bonds. The minimum atomic E-state index is 0. The molecule has 0 heterocycles. The molecule has 0 unspecified atom stereocenters. The zero-order chi connectivity index (χ0) is 18.1. The predicted octanol–water partition coefficient (Wildman–Crippen LogP) is 10.8. The van der Waals surface area contributed by atoms with Gasteiger partial charge in [-0.3, -0.25) is 0 Å². The molecule has 0 aromatic heterocycles. The Morgan fingerprint density at radius 1 is 0.533 bits per heavy atom. The van der Waals surface area contributed by atoms with Crippen LogP contribution in [0.15, 0.2) is 84.9 Å². The smallest absolute Gasteiger partial charge is 0.0155 e. The van der Waals surface area contributed by atoms with Gasteiger partial charge in [0.05, 0.1) is 0 Å². The Hall–Kier alpha value is -2.60. The van der Waals surface area contributed by atoms with Crippen LogP contribution in [0, 0.1) is 6.92 Å². The van der Waals surface area contributed by atoms with E-state index < -0.39 is 0 Å². The summed E-state index contributed by atoms with van der Waals surface area (Å²) in [6.07, 6.45) is 1.12. The largest absolute Gasteiger partial charge is 0.0776 e. The normalized spacial score (nSPS) is 8.13. The molecule has 0 N–H and O–H groups in total. The van der Waals surface area contributed by atoms with Gasteiger partial charge in [0.1, 0.15) is 0 Å². The first-order valence-corrected chi connectivity index (χ1v) is 9.20. The van der Waals surface area contributed by atoms with E-state index in [1.165, 1.54) is 32.7 Å². The second-order valence-electron chi connectivity index (χ2n) is 5.83. The van der Waals surface area contributed by atoms with Crippen molar-refractivity contribution >= 4 is 21.5 Å². The molecule has 0 radical (unpaired) electrons. The van der Waals surface area contributed by atoms with Crippen LogP contribution >= 0.6 is 0 Å². The van der Waals surface area contributed by atoms with Gasteiger partial charge in [0.25, 0.3) is 0 Å². The van der Waals surface area contributed by atoms with Gasteiger partial charge in [-0.05, 0) is 46.0 Å². The van der Waals surface area contributed by atoms with Gasteiger partial charge in [0.2, 0.25) is 0 Å². The molecule has 30 heavy (non-hydrogen) atoms. The quantitative estimate of drug-likeness (QED) is 0.294. The van der Waals surface area contributed by atoms with Crippen LogP contribution in [-0.4, -0.2) is 0 Å². The molecule has 0 aliphatic carbocycles. The van der Waals surface area contributed by atoms with E-state index in [0.29, 0.717) is 0 Å². The highest BCUT2D eigenvalue weighted by molar-refractivity contribution is 5.85. The Labute approximate surface area is 189 Å². The first kappa shape index (κ1) is 34.9. The SMILES string of the molecule is C.C.C.C.C.CC.CCc1ccc2ccccc2c1.Cc1cccc2ccccc12. The second kappa shape index (κ2) is 18.4. The molecule has 0 aliphatic heterocycles. The molecule has 0 aliphatic rings. The maximum atomic E-state index is 2.26. The number of aryl methyl sites for hydroxylation is 2. The molecule has 0 heteroatoms. The zero-order valence-corrected chi connectivity index (χ0v) is 15.8. The average Bonchev–Trinajstić information content (AvgIpc) is 2.70. The van der Waals surface area contributed by atoms with E-state index >= 15 is 0 Å². The molecule has 0 spiro atoms. The molecular weight excluding hydrogens is 360 g/mol. The van der Waals surface area contributed by atoms with Gasteiger partial charge in [-0.15, -0.1) is 0 Å². The topological polar surface area (TPSA) is 0 Å². The van der Waals surface area contributed by atoms with Crippen molar-refractivity contribution < 1.29 is 0 Å². The summed E-state index contributed by atoms with van der Waals surface area (Å²) in [6, 6.07) is 29.9. The Balaban J connectivity index is -0.000000181. The highest BCUT2D eigenvalue weighted by atomic mass is 14.0. The molecular formula is C30H48. The number of hydrogen-bond donors (Lipinski definition) is 0. The molecule has 0 fully saturated rings. The molecule has 0 atom stereocenters. The summed E-state index contributed by atoms with van der Waals surface area (Å²) in [5.74, 6) is 0. The fraction of sp³-hybridized carbons (Fsp3) is 0.333. The van der Waals surface area contributed by atoms with Crippen LogP contribution in [0.25, 0.3) is 21.5 Å². The van der Waals surface area contributed by atoms with Crippen LogP contribution in [0.4, 0.5) is 0 Å². The van der Waals surface area contributed by atoms with Gasteiger partial charge in [0.15, 0.2) is 0 Å². The number of benzene rings is 4. The van der Waals surface area contributed by atoms with Gasteiger partial charge in [-0.25, -0.2) is 0 Å². The molecule has 4 rings (SSSR count). The number of hydrogen-bond acceptors (Lipinski definition) is 0. The summed E-state index contributed by atoms with van der Waals surface area (Å²) in [5, 5.41) is 5.36. The van der Waals surface area contributed by atoms with E-state index in [0.717, 1.165) is 6.42 Å². The van der Waals surface area contributed by atoms with Crippen molar-refractivity contribution in [2.45, 2.75) is 71.2 Å². The minimum Gasteiger partial charge on any atom is -0.0776 e. The third-order valence-electron chi connectivity index (χ3n) is 4.23. The molecule has 168 valence electrons. The summed E-state index contributed by atoms with van der Waals surface area (Å²) in [4.78, 5) is 0. The van der Waals surface area contributed by atoms with Crippen LogP contribution < -0.4 is 0 Å². The van der Waals surface area contributed by atoms with E-state index in [1.807, 2.05) is 13.8 Å². The molecule has 0 saturated heterocycles. The number of fused-ring (bicyclic) bond motifs is 2. The zero-order valence-electron chi connectivity index (χ0n) is 15.8. The molecule has 0 saturated carbocycles. The summed E-state index contributed by atoms with van der Waals surface area (Å²) >= 11 is 0. The minimum absolute atomic E-state index is 0. The van der Waals surface area contributed by atoms with Gasteiger partial charge in [0, 0.05) is 0 Å². The molecule has 4 aromatic rings. The fourth-order valence-corrected chi connectivity index (χ4v) is 2.85. The average molecular weight is 409 g/mol. The first-order chi connectivity index (χ1) is 12.3. The van der Waals surface area contributed by atoms with Crippen LogP contribution in [0.1, 0.15) is 69.0 Å². The lowest BCUT2D eigenvalue weighted by atomic mass is 10.1. The Bertz CT molecular complexity index is 914. The lowest BCUT2D eigenvalue weighted by Crippen LogP contribution is -1.79. The highest BCUT2D eigenvalue weighted by Crippen LogP contribution is 2.17. The lowest BCUT2D eigenvalue weighted by molar-refractivity contribution is 1.15. The van der Waals surface area contributed by atoms with Crippen LogP contribution in [0.5, 0.6) is 0 Å². The van der Waals surface area contributed by atoms with E-state index in [9.17, 15) is 0 Å². The predicted molar refractivity (Wildman–Crippen MR) is 147 cm³/mol. The fourth-order valence-electron chi connectivity index (χ4n) is 2.85. The van der Waals surface area contributed by atoms with E-state index in [1.54, 1.807) is 0 Å². The van der Waals surface area contributed by atoms with E-state index in [4.69, 9.17) is 0 Å². The van der Waals surface area contributed by atoms with Crippen LogP contribution in [-0.2, 0) is 6.42 Å². The maximum Gasteiger partial charge on any atom is -0.0155 e. The summed E-state index contributed by atoms with van der Waals surface area (Å²) in [6.45, 7) is 8.33. The monoisotopic (exact) mass is 408 g/mol. The molecule has 4 aromatic carbocycles. The summed E-state index contributed by atoms with van der Waals surface area (Å²) < 4.78 is 0. The second-order valence-corrected chi connectivity index (χ2v) is 5.83.